The third kappa shape index (κ3) is 7.98. The smallest absolute Gasteiger partial charge is 0.333 e. The van der Waals surface area contributed by atoms with Crippen molar-refractivity contribution in [2.75, 3.05) is 13.2 Å². The molecule has 1 fully saturated rings. The Hall–Kier alpha value is -1.32. The lowest BCUT2D eigenvalue weighted by Crippen LogP contribution is -2.26. The molecule has 1 atom stereocenters. The molecule has 0 spiro atoms. The Labute approximate surface area is 147 Å². The molecule has 24 heavy (non-hydrogen) atoms. The van der Waals surface area contributed by atoms with Gasteiger partial charge >= 0.3 is 11.9 Å². The summed E-state index contributed by atoms with van der Waals surface area (Å²) < 4.78 is 10.5. The van der Waals surface area contributed by atoms with Gasteiger partial charge in [-0.3, -0.25) is 4.79 Å². The van der Waals surface area contributed by atoms with Gasteiger partial charge in [0.1, 0.15) is 0 Å². The van der Waals surface area contributed by atoms with Gasteiger partial charge < -0.3 is 9.47 Å². The van der Waals surface area contributed by atoms with Gasteiger partial charge in [0.15, 0.2) is 0 Å². The predicted molar refractivity (Wildman–Crippen MR) is 95.5 cm³/mol. The molecule has 0 radical (unpaired) electrons. The number of unbranched alkanes of at least 4 members (excludes halogenated alkanes) is 2. The first-order chi connectivity index (χ1) is 11.4. The number of carbonyl (C=O) groups excluding carboxylic acids is 2. The van der Waals surface area contributed by atoms with Crippen molar-refractivity contribution in [2.24, 2.45) is 17.8 Å². The Morgan fingerprint density at radius 2 is 1.71 bits per heavy atom. The van der Waals surface area contributed by atoms with Gasteiger partial charge in [-0.25, -0.2) is 4.79 Å². The summed E-state index contributed by atoms with van der Waals surface area (Å²) in [4.78, 5) is 23.5. The zero-order valence-corrected chi connectivity index (χ0v) is 15.6. The minimum absolute atomic E-state index is 0.00244. The van der Waals surface area contributed by atoms with Crippen LogP contribution in [0, 0.1) is 17.8 Å². The van der Waals surface area contributed by atoms with Gasteiger partial charge in [0.25, 0.3) is 0 Å². The van der Waals surface area contributed by atoms with Gasteiger partial charge in [-0.2, -0.15) is 0 Å². The molecule has 1 saturated carbocycles. The number of hydrogen-bond donors (Lipinski definition) is 0. The highest BCUT2D eigenvalue weighted by Gasteiger charge is 2.27. The average molecular weight is 338 g/mol. The summed E-state index contributed by atoms with van der Waals surface area (Å²) in [6, 6.07) is 0. The second-order valence-electron chi connectivity index (χ2n) is 7.33. The molecule has 0 aromatic rings. The molecule has 4 heteroatoms. The minimum atomic E-state index is -0.394. The molecule has 0 amide bonds. The maximum Gasteiger partial charge on any atom is 0.333 e. The van der Waals surface area contributed by atoms with E-state index in [9.17, 15) is 9.59 Å². The van der Waals surface area contributed by atoms with E-state index < -0.39 is 5.97 Å². The van der Waals surface area contributed by atoms with Crippen LogP contribution in [0.3, 0.4) is 0 Å². The second kappa shape index (κ2) is 11.3. The first-order valence-corrected chi connectivity index (χ1v) is 9.43. The number of ether oxygens (including phenoxy) is 2. The molecular weight excluding hydrogens is 304 g/mol. The zero-order valence-electron chi connectivity index (χ0n) is 15.6. The van der Waals surface area contributed by atoms with Gasteiger partial charge in [0.2, 0.25) is 0 Å². The fourth-order valence-electron chi connectivity index (χ4n) is 3.10. The van der Waals surface area contributed by atoms with Gasteiger partial charge in [-0.1, -0.05) is 46.1 Å². The van der Waals surface area contributed by atoms with E-state index in [1.165, 1.54) is 25.7 Å². The zero-order chi connectivity index (χ0) is 17.9. The monoisotopic (exact) mass is 338 g/mol. The van der Waals surface area contributed by atoms with Crippen molar-refractivity contribution in [2.45, 2.75) is 72.1 Å². The number of esters is 2. The van der Waals surface area contributed by atoms with Crippen LogP contribution in [0.25, 0.3) is 0 Å². The molecule has 0 heterocycles. The second-order valence-corrected chi connectivity index (χ2v) is 7.33. The van der Waals surface area contributed by atoms with E-state index in [1.807, 2.05) is 6.92 Å². The van der Waals surface area contributed by atoms with E-state index in [-0.39, 0.29) is 24.4 Å². The van der Waals surface area contributed by atoms with Crippen molar-refractivity contribution in [1.29, 1.82) is 0 Å². The standard InChI is InChI=1S/C20H34O4/c1-5-6-7-8-17-9-11-18(12-10-17)20(22)24-14-16(4)13-23-19(21)15(2)3/h16-18H,2,5-14H2,1,3-4H3/t16-,17?,18?/m1/s1. The van der Waals surface area contributed by atoms with Crippen LogP contribution >= 0.6 is 0 Å². The lowest BCUT2D eigenvalue weighted by Gasteiger charge is -2.27. The summed E-state index contributed by atoms with van der Waals surface area (Å²) in [5.74, 6) is 0.371. The molecule has 1 rings (SSSR count). The summed E-state index contributed by atoms with van der Waals surface area (Å²) in [6.07, 6.45) is 9.41. The molecule has 0 bridgehead atoms. The van der Waals surface area contributed by atoms with Crippen LogP contribution in [0.4, 0.5) is 0 Å². The normalized spacial score (nSPS) is 21.8. The lowest BCUT2D eigenvalue weighted by molar-refractivity contribution is -0.152. The summed E-state index contributed by atoms with van der Waals surface area (Å²) in [7, 11) is 0. The van der Waals surface area contributed by atoms with Crippen LogP contribution in [0.15, 0.2) is 12.2 Å². The van der Waals surface area contributed by atoms with Crippen LogP contribution in [0.1, 0.15) is 72.1 Å². The first-order valence-electron chi connectivity index (χ1n) is 9.43. The summed E-state index contributed by atoms with van der Waals surface area (Å²) in [5, 5.41) is 0. The quantitative estimate of drug-likeness (QED) is 0.330. The highest BCUT2D eigenvalue weighted by molar-refractivity contribution is 5.86. The van der Waals surface area contributed by atoms with E-state index in [0.29, 0.717) is 12.2 Å². The summed E-state index contributed by atoms with van der Waals surface area (Å²) in [6.45, 7) is 9.85. The molecule has 0 unspecified atom stereocenters. The van der Waals surface area contributed by atoms with Crippen molar-refractivity contribution in [3.63, 3.8) is 0 Å². The predicted octanol–water partition coefficient (Wildman–Crippen LogP) is 4.67. The van der Waals surface area contributed by atoms with Crippen molar-refractivity contribution < 1.29 is 19.1 Å². The lowest BCUT2D eigenvalue weighted by atomic mass is 9.80. The maximum atomic E-state index is 12.2. The molecule has 1 aliphatic carbocycles. The van der Waals surface area contributed by atoms with Crippen molar-refractivity contribution in [1.82, 2.24) is 0 Å². The van der Waals surface area contributed by atoms with Crippen LogP contribution in [0.2, 0.25) is 0 Å². The summed E-state index contributed by atoms with van der Waals surface area (Å²) >= 11 is 0. The topological polar surface area (TPSA) is 52.6 Å². The summed E-state index contributed by atoms with van der Waals surface area (Å²) in [5.41, 5.74) is 0.384. The molecule has 1 aliphatic rings. The highest BCUT2D eigenvalue weighted by atomic mass is 16.5. The molecule has 0 saturated heterocycles. The van der Waals surface area contributed by atoms with Gasteiger partial charge in [-0.05, 0) is 38.5 Å². The fourth-order valence-corrected chi connectivity index (χ4v) is 3.10. The Bertz CT molecular complexity index is 408. The average Bonchev–Trinajstić information content (AvgIpc) is 2.58. The van der Waals surface area contributed by atoms with E-state index in [0.717, 1.165) is 31.6 Å². The van der Waals surface area contributed by atoms with Gasteiger partial charge in [0.05, 0.1) is 19.1 Å². The minimum Gasteiger partial charge on any atom is -0.465 e. The molecular formula is C20H34O4. The van der Waals surface area contributed by atoms with Crippen molar-refractivity contribution >= 4 is 11.9 Å². The van der Waals surface area contributed by atoms with Gasteiger partial charge in [-0.15, -0.1) is 0 Å². The van der Waals surface area contributed by atoms with Crippen LogP contribution in [-0.2, 0) is 19.1 Å². The molecule has 4 nitrogen and oxygen atoms in total. The maximum absolute atomic E-state index is 12.2. The Balaban J connectivity index is 2.17. The molecule has 138 valence electrons. The SMILES string of the molecule is C=C(C)C(=O)OC[C@@H](C)COC(=O)C1CCC(CCCCC)CC1. The number of hydrogen-bond acceptors (Lipinski definition) is 4. The number of carbonyl (C=O) groups is 2. The fraction of sp³-hybridized carbons (Fsp3) is 0.800. The van der Waals surface area contributed by atoms with E-state index in [1.54, 1.807) is 6.92 Å². The van der Waals surface area contributed by atoms with Crippen LogP contribution in [0.5, 0.6) is 0 Å². The first kappa shape index (κ1) is 20.7. The third-order valence-electron chi connectivity index (χ3n) is 4.75. The van der Waals surface area contributed by atoms with E-state index in [2.05, 4.69) is 13.5 Å². The Morgan fingerprint density at radius 1 is 1.08 bits per heavy atom. The highest BCUT2D eigenvalue weighted by Crippen LogP contribution is 2.32. The van der Waals surface area contributed by atoms with Crippen molar-refractivity contribution in [3.05, 3.63) is 12.2 Å². The van der Waals surface area contributed by atoms with Crippen LogP contribution < -0.4 is 0 Å². The Kier molecular flexibility index (Phi) is 9.73. The molecule has 0 N–H and O–H groups in total. The van der Waals surface area contributed by atoms with Gasteiger partial charge in [0, 0.05) is 11.5 Å². The molecule has 0 aromatic carbocycles. The largest absolute Gasteiger partial charge is 0.465 e. The Morgan fingerprint density at radius 3 is 2.29 bits per heavy atom. The van der Waals surface area contributed by atoms with E-state index in [4.69, 9.17) is 9.47 Å². The molecule has 0 aliphatic heterocycles. The third-order valence-corrected chi connectivity index (χ3v) is 4.75. The van der Waals surface area contributed by atoms with Crippen molar-refractivity contribution in [3.8, 4) is 0 Å². The number of rotatable bonds is 10. The van der Waals surface area contributed by atoms with Crippen LogP contribution in [-0.4, -0.2) is 25.2 Å². The van der Waals surface area contributed by atoms with E-state index >= 15 is 0 Å². The molecule has 0 aromatic heterocycles.